The molecule has 0 unspecified atom stereocenters. The van der Waals surface area contributed by atoms with Crippen molar-refractivity contribution in [2.75, 3.05) is 14.1 Å². The third-order valence-corrected chi connectivity index (χ3v) is 1.17. The van der Waals surface area contributed by atoms with Crippen LogP contribution in [-0.4, -0.2) is 31.3 Å². The number of allylic oxidation sites excluding steroid dienone is 1. The van der Waals surface area contributed by atoms with Gasteiger partial charge < -0.3 is 10.2 Å². The Morgan fingerprint density at radius 2 is 2.08 bits per heavy atom. The fourth-order valence-electron chi connectivity index (χ4n) is 0.490. The van der Waals surface area contributed by atoms with Crippen molar-refractivity contribution < 1.29 is 9.59 Å². The maximum Gasteiger partial charge on any atom is 0.248 e. The number of carbonyl (C=O) groups is 2. The van der Waals surface area contributed by atoms with E-state index in [-0.39, 0.29) is 5.91 Å². The van der Waals surface area contributed by atoms with Gasteiger partial charge in [0, 0.05) is 25.9 Å². The summed E-state index contributed by atoms with van der Waals surface area (Å²) in [4.78, 5) is 22.4. The Kier molecular flexibility index (Phi) is 4.45. The molecule has 0 bridgehead atoms. The molecular weight excluding hydrogens is 156 g/mol. The molecule has 0 aromatic heterocycles. The van der Waals surface area contributed by atoms with Gasteiger partial charge in [-0.2, -0.15) is 0 Å². The van der Waals surface area contributed by atoms with E-state index in [1.165, 1.54) is 17.1 Å². The largest absolute Gasteiger partial charge is 0.345 e. The van der Waals surface area contributed by atoms with Gasteiger partial charge in [0.25, 0.3) is 0 Å². The van der Waals surface area contributed by atoms with Gasteiger partial charge in [0.1, 0.15) is 0 Å². The average molecular weight is 168 g/mol. The van der Waals surface area contributed by atoms with E-state index >= 15 is 0 Å². The van der Waals surface area contributed by atoms with Crippen LogP contribution >= 0.6 is 0 Å². The van der Waals surface area contributed by atoms with Crippen LogP contribution in [0.4, 0.5) is 0 Å². The zero-order chi connectivity index (χ0) is 9.56. The lowest BCUT2D eigenvalue weighted by Crippen LogP contribution is -2.21. The summed E-state index contributed by atoms with van der Waals surface area (Å²) < 4.78 is 0. The number of likely N-dealkylation sites (N-methyl/N-ethyl adjacent to an activating group) is 1. The number of nitrogens with zero attached hydrogens (tertiary/aromatic N) is 1. The number of hydrogen-bond acceptors (Lipinski definition) is 2. The van der Waals surface area contributed by atoms with Crippen molar-refractivity contribution in [2.45, 2.75) is 0 Å². The van der Waals surface area contributed by atoms with Crippen LogP contribution in [0.2, 0.25) is 0 Å². The molecule has 66 valence electrons. The Morgan fingerprint density at radius 1 is 1.50 bits per heavy atom. The van der Waals surface area contributed by atoms with Crippen LogP contribution in [0, 0.1) is 0 Å². The topological polar surface area (TPSA) is 49.4 Å². The van der Waals surface area contributed by atoms with Crippen LogP contribution in [0.15, 0.2) is 24.4 Å². The molecule has 0 saturated heterocycles. The normalized spacial score (nSPS) is 10.3. The molecule has 0 aromatic carbocycles. The lowest BCUT2D eigenvalue weighted by molar-refractivity contribution is -0.123. The van der Waals surface area contributed by atoms with Gasteiger partial charge in [0.2, 0.25) is 12.3 Å². The molecule has 4 heteroatoms. The molecule has 0 fully saturated rings. The lowest BCUT2D eigenvalue weighted by Gasteiger charge is -2.06. The third kappa shape index (κ3) is 3.55. The molecule has 2 amide bonds. The molecule has 0 aliphatic rings. The molecule has 4 nitrogen and oxygen atoms in total. The standard InChI is InChI=1S/C8H12N2O2/c1-4-7(9-6-11)5-8(12)10(2)3/h4-6H,1H2,2-3H3,(H,9,11)/b7-5+. The number of hydrogen-bond donors (Lipinski definition) is 1. The first-order valence-electron chi connectivity index (χ1n) is 3.37. The molecule has 0 spiro atoms. The Bertz CT molecular complexity index is 219. The second kappa shape index (κ2) is 5.12. The highest BCUT2D eigenvalue weighted by molar-refractivity contribution is 5.88. The Balaban J connectivity index is 4.36. The second-order valence-electron chi connectivity index (χ2n) is 2.30. The van der Waals surface area contributed by atoms with E-state index < -0.39 is 0 Å². The van der Waals surface area contributed by atoms with Gasteiger partial charge >= 0.3 is 0 Å². The van der Waals surface area contributed by atoms with Crippen LogP contribution in [0.25, 0.3) is 0 Å². The van der Waals surface area contributed by atoms with Crippen molar-refractivity contribution in [3.8, 4) is 0 Å². The molecule has 0 radical (unpaired) electrons. The molecule has 0 rings (SSSR count). The zero-order valence-electron chi connectivity index (χ0n) is 7.20. The summed E-state index contributed by atoms with van der Waals surface area (Å²) in [6.07, 6.45) is 3.19. The minimum Gasteiger partial charge on any atom is -0.345 e. The van der Waals surface area contributed by atoms with Crippen LogP contribution in [0.3, 0.4) is 0 Å². The molecular formula is C8H12N2O2. The van der Waals surface area contributed by atoms with E-state index in [2.05, 4.69) is 11.9 Å². The molecule has 0 atom stereocenters. The van der Waals surface area contributed by atoms with Gasteiger partial charge in [-0.15, -0.1) is 0 Å². The summed E-state index contributed by atoms with van der Waals surface area (Å²) in [5.74, 6) is -0.195. The van der Waals surface area contributed by atoms with Crippen molar-refractivity contribution in [3.63, 3.8) is 0 Å². The van der Waals surface area contributed by atoms with Crippen LogP contribution < -0.4 is 5.32 Å². The Labute approximate surface area is 71.5 Å². The van der Waals surface area contributed by atoms with Crippen LogP contribution in [0.1, 0.15) is 0 Å². The van der Waals surface area contributed by atoms with Crippen molar-refractivity contribution >= 4 is 12.3 Å². The number of rotatable bonds is 4. The van der Waals surface area contributed by atoms with E-state index in [1.54, 1.807) is 14.1 Å². The van der Waals surface area contributed by atoms with Gasteiger partial charge in [0.05, 0.1) is 0 Å². The molecule has 12 heavy (non-hydrogen) atoms. The summed E-state index contributed by atoms with van der Waals surface area (Å²) in [7, 11) is 3.25. The molecule has 1 N–H and O–H groups in total. The maximum atomic E-state index is 11.0. The van der Waals surface area contributed by atoms with Gasteiger partial charge in [-0.3, -0.25) is 9.59 Å². The van der Waals surface area contributed by atoms with Gasteiger partial charge in [0.15, 0.2) is 0 Å². The Morgan fingerprint density at radius 3 is 2.42 bits per heavy atom. The van der Waals surface area contributed by atoms with Gasteiger partial charge in [-0.1, -0.05) is 6.58 Å². The molecule has 0 aliphatic carbocycles. The van der Waals surface area contributed by atoms with Crippen molar-refractivity contribution in [1.29, 1.82) is 0 Å². The number of nitrogens with one attached hydrogen (secondary N) is 1. The maximum absolute atomic E-state index is 11.0. The average Bonchev–Trinajstić information content (AvgIpc) is 2.03. The highest BCUT2D eigenvalue weighted by Gasteiger charge is 1.99. The third-order valence-electron chi connectivity index (χ3n) is 1.17. The predicted octanol–water partition coefficient (Wildman–Crippen LogP) is -0.110. The van der Waals surface area contributed by atoms with Crippen molar-refractivity contribution in [1.82, 2.24) is 10.2 Å². The summed E-state index contributed by atoms with van der Waals surface area (Å²) in [6, 6.07) is 0. The van der Waals surface area contributed by atoms with Crippen LogP contribution in [0.5, 0.6) is 0 Å². The first kappa shape index (κ1) is 10.4. The monoisotopic (exact) mass is 168 g/mol. The van der Waals surface area contributed by atoms with E-state index in [1.807, 2.05) is 0 Å². The highest BCUT2D eigenvalue weighted by atomic mass is 16.2. The number of carbonyl (C=O) groups excluding carboxylic acids is 2. The van der Waals surface area contributed by atoms with Gasteiger partial charge in [-0.05, 0) is 6.08 Å². The summed E-state index contributed by atoms with van der Waals surface area (Å²) in [6.45, 7) is 3.43. The summed E-state index contributed by atoms with van der Waals surface area (Å²) in [5.41, 5.74) is 0.392. The fraction of sp³-hybridized carbons (Fsp3) is 0.250. The fourth-order valence-corrected chi connectivity index (χ4v) is 0.490. The molecule has 0 aliphatic heterocycles. The number of amides is 2. The predicted molar refractivity (Wildman–Crippen MR) is 46.2 cm³/mol. The molecule has 0 heterocycles. The van der Waals surface area contributed by atoms with E-state index in [9.17, 15) is 9.59 Å². The zero-order valence-corrected chi connectivity index (χ0v) is 7.20. The van der Waals surface area contributed by atoms with Gasteiger partial charge in [-0.25, -0.2) is 0 Å². The van der Waals surface area contributed by atoms with E-state index in [0.29, 0.717) is 12.1 Å². The van der Waals surface area contributed by atoms with Crippen molar-refractivity contribution in [2.24, 2.45) is 0 Å². The summed E-state index contributed by atoms with van der Waals surface area (Å²) in [5, 5.41) is 2.33. The van der Waals surface area contributed by atoms with Crippen LogP contribution in [-0.2, 0) is 9.59 Å². The summed E-state index contributed by atoms with van der Waals surface area (Å²) >= 11 is 0. The van der Waals surface area contributed by atoms with E-state index in [4.69, 9.17) is 0 Å². The Hall–Kier alpha value is -1.58. The highest BCUT2D eigenvalue weighted by Crippen LogP contribution is 1.90. The first-order chi connectivity index (χ1) is 5.61. The molecule has 0 saturated carbocycles. The molecule has 0 aromatic rings. The first-order valence-corrected chi connectivity index (χ1v) is 3.37. The minimum absolute atomic E-state index is 0.195. The smallest absolute Gasteiger partial charge is 0.248 e. The lowest BCUT2D eigenvalue weighted by atomic mass is 10.3. The quantitative estimate of drug-likeness (QED) is 0.362. The van der Waals surface area contributed by atoms with E-state index in [0.717, 1.165) is 0 Å². The second-order valence-corrected chi connectivity index (χ2v) is 2.30. The van der Waals surface area contributed by atoms with Crippen molar-refractivity contribution in [3.05, 3.63) is 24.4 Å². The SMILES string of the molecule is C=C/C(=C\C(=O)N(C)C)NC=O. The minimum atomic E-state index is -0.195.